The molecule has 0 aliphatic heterocycles. The van der Waals surface area contributed by atoms with Gasteiger partial charge in [-0.3, -0.25) is 4.79 Å². The summed E-state index contributed by atoms with van der Waals surface area (Å²) in [6.07, 6.45) is 5.39. The molecule has 0 saturated carbocycles. The third kappa shape index (κ3) is 6.07. The van der Waals surface area contributed by atoms with Gasteiger partial charge < -0.3 is 15.2 Å². The maximum atomic E-state index is 11.4. The van der Waals surface area contributed by atoms with Crippen molar-refractivity contribution in [1.82, 2.24) is 5.32 Å². The van der Waals surface area contributed by atoms with E-state index in [1.54, 1.807) is 25.3 Å². The number of carboxylic acids is 1. The number of hydrogen-bond donors (Lipinski definition) is 2. The van der Waals surface area contributed by atoms with E-state index in [4.69, 9.17) is 9.84 Å². The van der Waals surface area contributed by atoms with Crippen molar-refractivity contribution in [2.75, 3.05) is 13.7 Å². The molecule has 0 aliphatic carbocycles. The molecule has 1 rings (SSSR count). The molecule has 0 aromatic heterocycles. The number of carboxylic acid groups (broad SMARTS) is 1. The van der Waals surface area contributed by atoms with Crippen molar-refractivity contribution in [3.05, 3.63) is 48.1 Å². The molecule has 19 heavy (non-hydrogen) atoms. The van der Waals surface area contributed by atoms with Gasteiger partial charge in [-0.25, -0.2) is 4.79 Å². The first-order valence-corrected chi connectivity index (χ1v) is 5.61. The molecule has 0 fully saturated rings. The molecular formula is C14H15NO4. The van der Waals surface area contributed by atoms with Gasteiger partial charge in [0, 0.05) is 18.7 Å². The Kier molecular flexibility index (Phi) is 5.88. The van der Waals surface area contributed by atoms with Crippen LogP contribution in [0.1, 0.15) is 5.56 Å². The number of benzene rings is 1. The highest BCUT2D eigenvalue weighted by molar-refractivity contribution is 5.91. The van der Waals surface area contributed by atoms with Crippen LogP contribution >= 0.6 is 0 Å². The SMILES string of the molecule is COc1ccc(/C=C/C(=O)NC/C=C/C(=O)O)cc1. The highest BCUT2D eigenvalue weighted by Gasteiger charge is 1.94. The van der Waals surface area contributed by atoms with E-state index < -0.39 is 5.97 Å². The standard InChI is InChI=1S/C14H15NO4/c1-19-12-7-4-11(5-8-12)6-9-13(16)15-10-2-3-14(17)18/h2-9H,10H2,1H3,(H,15,16)(H,17,18)/b3-2+,9-6+. The van der Waals surface area contributed by atoms with E-state index in [-0.39, 0.29) is 12.5 Å². The molecule has 5 heteroatoms. The molecule has 1 amide bonds. The maximum Gasteiger partial charge on any atom is 0.328 e. The Bertz CT molecular complexity index is 489. The van der Waals surface area contributed by atoms with Gasteiger partial charge in [-0.05, 0) is 23.8 Å². The number of methoxy groups -OCH3 is 1. The number of hydrogen-bond acceptors (Lipinski definition) is 3. The largest absolute Gasteiger partial charge is 0.497 e. The normalized spacial score (nSPS) is 10.8. The van der Waals surface area contributed by atoms with Crippen LogP contribution in [0.15, 0.2) is 42.5 Å². The fourth-order valence-corrected chi connectivity index (χ4v) is 1.27. The summed E-state index contributed by atoms with van der Waals surface area (Å²) in [5.74, 6) is -0.575. The van der Waals surface area contributed by atoms with Crippen molar-refractivity contribution < 1.29 is 19.4 Å². The number of nitrogens with one attached hydrogen (secondary N) is 1. The summed E-state index contributed by atoms with van der Waals surface area (Å²) < 4.78 is 5.02. The van der Waals surface area contributed by atoms with Gasteiger partial charge in [0.25, 0.3) is 0 Å². The first-order valence-electron chi connectivity index (χ1n) is 5.61. The van der Waals surface area contributed by atoms with Crippen LogP contribution < -0.4 is 10.1 Å². The van der Waals surface area contributed by atoms with Crippen LogP contribution in [0.4, 0.5) is 0 Å². The molecule has 1 aromatic rings. The number of amides is 1. The average molecular weight is 261 g/mol. The van der Waals surface area contributed by atoms with E-state index >= 15 is 0 Å². The van der Waals surface area contributed by atoms with Gasteiger partial charge in [0.2, 0.25) is 5.91 Å². The second-order valence-electron chi connectivity index (χ2n) is 3.59. The van der Waals surface area contributed by atoms with E-state index in [2.05, 4.69) is 5.32 Å². The van der Waals surface area contributed by atoms with Gasteiger partial charge >= 0.3 is 5.97 Å². The smallest absolute Gasteiger partial charge is 0.328 e. The molecule has 1 aromatic carbocycles. The molecule has 100 valence electrons. The van der Waals surface area contributed by atoms with Crippen molar-refractivity contribution in [3.8, 4) is 5.75 Å². The van der Waals surface area contributed by atoms with Gasteiger partial charge in [0.1, 0.15) is 5.75 Å². The molecule has 0 spiro atoms. The second-order valence-corrected chi connectivity index (χ2v) is 3.59. The Labute approximate surface area is 111 Å². The first-order chi connectivity index (χ1) is 9.11. The predicted octanol–water partition coefficient (Wildman–Crippen LogP) is 1.47. The number of ether oxygens (including phenoxy) is 1. The lowest BCUT2D eigenvalue weighted by molar-refractivity contribution is -0.131. The fraction of sp³-hybridized carbons (Fsp3) is 0.143. The molecule has 0 unspecified atom stereocenters. The molecule has 0 saturated heterocycles. The van der Waals surface area contributed by atoms with E-state index in [1.165, 1.54) is 12.2 Å². The lowest BCUT2D eigenvalue weighted by Gasteiger charge is -1.99. The molecular weight excluding hydrogens is 246 g/mol. The second kappa shape index (κ2) is 7.71. The molecule has 5 nitrogen and oxygen atoms in total. The summed E-state index contributed by atoms with van der Waals surface area (Å²) in [5, 5.41) is 10.9. The van der Waals surface area contributed by atoms with Crippen molar-refractivity contribution in [2.24, 2.45) is 0 Å². The van der Waals surface area contributed by atoms with Crippen LogP contribution in [0.3, 0.4) is 0 Å². The van der Waals surface area contributed by atoms with Crippen LogP contribution in [-0.2, 0) is 9.59 Å². The molecule has 2 N–H and O–H groups in total. The molecule has 0 radical (unpaired) electrons. The van der Waals surface area contributed by atoms with Gasteiger partial charge in [-0.15, -0.1) is 0 Å². The van der Waals surface area contributed by atoms with E-state index in [1.807, 2.05) is 12.1 Å². The monoisotopic (exact) mass is 261 g/mol. The van der Waals surface area contributed by atoms with Crippen LogP contribution in [0.25, 0.3) is 6.08 Å². The van der Waals surface area contributed by atoms with Gasteiger partial charge in [-0.1, -0.05) is 18.2 Å². The van der Waals surface area contributed by atoms with Crippen molar-refractivity contribution in [3.63, 3.8) is 0 Å². The molecule has 0 heterocycles. The lowest BCUT2D eigenvalue weighted by atomic mass is 10.2. The van der Waals surface area contributed by atoms with Crippen molar-refractivity contribution in [1.29, 1.82) is 0 Å². The Morgan fingerprint density at radius 2 is 1.95 bits per heavy atom. The fourth-order valence-electron chi connectivity index (χ4n) is 1.27. The first kappa shape index (κ1) is 14.5. The lowest BCUT2D eigenvalue weighted by Crippen LogP contribution is -2.20. The average Bonchev–Trinajstić information content (AvgIpc) is 2.41. The minimum absolute atomic E-state index is 0.179. The third-order valence-corrected chi connectivity index (χ3v) is 2.20. The minimum atomic E-state index is -1.04. The highest BCUT2D eigenvalue weighted by Crippen LogP contribution is 2.11. The molecule has 0 bridgehead atoms. The van der Waals surface area contributed by atoms with Gasteiger partial charge in [0.15, 0.2) is 0 Å². The number of carbonyl (C=O) groups excluding carboxylic acids is 1. The summed E-state index contributed by atoms with van der Waals surface area (Å²) in [6, 6.07) is 7.25. The Morgan fingerprint density at radius 3 is 2.53 bits per heavy atom. The summed E-state index contributed by atoms with van der Waals surface area (Å²) in [6.45, 7) is 0.179. The van der Waals surface area contributed by atoms with E-state index in [0.717, 1.165) is 17.4 Å². The summed E-state index contributed by atoms with van der Waals surface area (Å²) in [5.41, 5.74) is 0.872. The highest BCUT2D eigenvalue weighted by atomic mass is 16.5. The topological polar surface area (TPSA) is 75.6 Å². The maximum absolute atomic E-state index is 11.4. The van der Waals surface area contributed by atoms with Crippen LogP contribution in [0, 0.1) is 0 Å². The zero-order chi connectivity index (χ0) is 14.1. The van der Waals surface area contributed by atoms with Gasteiger partial charge in [-0.2, -0.15) is 0 Å². The summed E-state index contributed by atoms with van der Waals surface area (Å²) in [7, 11) is 1.59. The van der Waals surface area contributed by atoms with Crippen molar-refractivity contribution >= 4 is 18.0 Å². The van der Waals surface area contributed by atoms with Crippen LogP contribution in [0.2, 0.25) is 0 Å². The number of rotatable bonds is 6. The predicted molar refractivity (Wildman–Crippen MR) is 71.8 cm³/mol. The Hall–Kier alpha value is -2.56. The van der Waals surface area contributed by atoms with Crippen molar-refractivity contribution in [2.45, 2.75) is 0 Å². The quantitative estimate of drug-likeness (QED) is 0.760. The minimum Gasteiger partial charge on any atom is -0.497 e. The molecule has 0 aliphatic rings. The number of carbonyl (C=O) groups is 2. The molecule has 0 atom stereocenters. The van der Waals surface area contributed by atoms with Crippen LogP contribution in [0.5, 0.6) is 5.75 Å². The summed E-state index contributed by atoms with van der Waals surface area (Å²) in [4.78, 5) is 21.6. The van der Waals surface area contributed by atoms with E-state index in [0.29, 0.717) is 0 Å². The zero-order valence-electron chi connectivity index (χ0n) is 10.5. The van der Waals surface area contributed by atoms with E-state index in [9.17, 15) is 9.59 Å². The Morgan fingerprint density at radius 1 is 1.26 bits per heavy atom. The third-order valence-electron chi connectivity index (χ3n) is 2.20. The van der Waals surface area contributed by atoms with Crippen LogP contribution in [-0.4, -0.2) is 30.6 Å². The van der Waals surface area contributed by atoms with Gasteiger partial charge in [0.05, 0.1) is 7.11 Å². The summed E-state index contributed by atoms with van der Waals surface area (Å²) >= 11 is 0. The Balaban J connectivity index is 2.42. The number of aliphatic carboxylic acids is 1. The zero-order valence-corrected chi connectivity index (χ0v) is 10.5.